The lowest BCUT2D eigenvalue weighted by molar-refractivity contribution is 0.560. The van der Waals surface area contributed by atoms with Crippen molar-refractivity contribution in [3.05, 3.63) is 34.9 Å². The fraction of sp³-hybridized carbons (Fsp3) is 0.333. The van der Waals surface area contributed by atoms with Gasteiger partial charge in [0.05, 0.1) is 11.2 Å². The van der Waals surface area contributed by atoms with Crippen molar-refractivity contribution in [3.8, 4) is 0 Å². The zero-order valence-electron chi connectivity index (χ0n) is 9.21. The van der Waals surface area contributed by atoms with E-state index in [1.165, 1.54) is 12.2 Å². The van der Waals surface area contributed by atoms with Crippen LogP contribution in [-0.2, 0) is 17.7 Å². The van der Waals surface area contributed by atoms with Gasteiger partial charge >= 0.3 is 0 Å². The van der Waals surface area contributed by atoms with Crippen LogP contribution in [0.15, 0.2) is 34.9 Å². The minimum absolute atomic E-state index is 0.177. The Morgan fingerprint density at radius 2 is 1.75 bits per heavy atom. The maximum Gasteiger partial charge on any atom is 0.282 e. The summed E-state index contributed by atoms with van der Waals surface area (Å²) in [5.74, 6) is 0. The average Bonchev–Trinajstić information content (AvgIpc) is 2.49. The van der Waals surface area contributed by atoms with Crippen LogP contribution in [0.5, 0.6) is 0 Å². The van der Waals surface area contributed by atoms with E-state index in [9.17, 15) is 16.8 Å². The Labute approximate surface area is 95.0 Å². The largest absolute Gasteiger partial charge is 0.383 e. The molecule has 0 amide bonds. The lowest BCUT2D eigenvalue weighted by Crippen LogP contribution is -2.16. The topological polar surface area (TPSA) is 71.5 Å². The van der Waals surface area contributed by atoms with Crippen molar-refractivity contribution in [3.63, 3.8) is 0 Å². The molecule has 0 aromatic carbocycles. The molecule has 0 unspecified atom stereocenters. The Morgan fingerprint density at radius 3 is 2.19 bits per heavy atom. The van der Waals surface area contributed by atoms with Crippen LogP contribution in [0.1, 0.15) is 0 Å². The number of rotatable bonds is 3. The SMILES string of the molecule is CN(C)/C=C1\C=CC=C1S(=O)(=O)S(C)(=O)=O. The van der Waals surface area contributed by atoms with Crippen LogP contribution in [-0.4, -0.2) is 42.1 Å². The van der Waals surface area contributed by atoms with Gasteiger partial charge in [0.2, 0.25) is 0 Å². The summed E-state index contributed by atoms with van der Waals surface area (Å²) in [5.41, 5.74) is 0.371. The Kier molecular flexibility index (Phi) is 3.30. The molecule has 0 bridgehead atoms. The quantitative estimate of drug-likeness (QED) is 0.683. The molecular weight excluding hydrogens is 250 g/mol. The monoisotopic (exact) mass is 263 g/mol. The van der Waals surface area contributed by atoms with Crippen LogP contribution >= 0.6 is 0 Å². The summed E-state index contributed by atoms with van der Waals surface area (Å²) in [6, 6.07) is 0. The maximum absolute atomic E-state index is 11.7. The zero-order valence-corrected chi connectivity index (χ0v) is 10.8. The van der Waals surface area contributed by atoms with Gasteiger partial charge in [-0.2, -0.15) is 0 Å². The maximum atomic E-state index is 11.7. The van der Waals surface area contributed by atoms with Crippen LogP contribution in [0, 0.1) is 0 Å². The van der Waals surface area contributed by atoms with Gasteiger partial charge < -0.3 is 4.90 Å². The van der Waals surface area contributed by atoms with Gasteiger partial charge in [0, 0.05) is 25.9 Å². The summed E-state index contributed by atoms with van der Waals surface area (Å²) in [5, 5.41) is 0. The highest BCUT2D eigenvalue weighted by atomic mass is 33.2. The lowest BCUT2D eigenvalue weighted by atomic mass is 10.3. The highest BCUT2D eigenvalue weighted by Gasteiger charge is 2.32. The molecule has 0 N–H and O–H groups in total. The third kappa shape index (κ3) is 2.35. The summed E-state index contributed by atoms with van der Waals surface area (Å²) < 4.78 is 45.7. The van der Waals surface area contributed by atoms with Crippen molar-refractivity contribution in [2.45, 2.75) is 0 Å². The van der Waals surface area contributed by atoms with Crippen molar-refractivity contribution >= 4 is 17.7 Å². The van der Waals surface area contributed by atoms with E-state index in [0.717, 1.165) is 0 Å². The van der Waals surface area contributed by atoms with Crippen molar-refractivity contribution in [1.29, 1.82) is 0 Å². The molecule has 0 aromatic rings. The molecule has 0 aliphatic heterocycles. The van der Waals surface area contributed by atoms with Gasteiger partial charge in [0.25, 0.3) is 17.7 Å². The first-order chi connectivity index (χ1) is 7.16. The molecule has 0 saturated carbocycles. The third-order valence-electron chi connectivity index (χ3n) is 1.87. The van der Waals surface area contributed by atoms with Crippen molar-refractivity contribution in [1.82, 2.24) is 4.90 Å². The molecule has 0 radical (unpaired) electrons. The van der Waals surface area contributed by atoms with Gasteiger partial charge in [-0.3, -0.25) is 0 Å². The number of allylic oxidation sites excluding steroid dienone is 4. The van der Waals surface area contributed by atoms with E-state index in [1.54, 1.807) is 31.3 Å². The second-order valence-corrected chi connectivity index (χ2v) is 9.49. The van der Waals surface area contributed by atoms with E-state index in [2.05, 4.69) is 0 Å². The van der Waals surface area contributed by atoms with E-state index in [4.69, 9.17) is 0 Å². The zero-order chi connectivity index (χ0) is 12.6. The molecule has 5 nitrogen and oxygen atoms in total. The van der Waals surface area contributed by atoms with Crippen molar-refractivity contribution in [2.24, 2.45) is 0 Å². The van der Waals surface area contributed by atoms with Crippen molar-refractivity contribution < 1.29 is 16.8 Å². The molecule has 90 valence electrons. The minimum Gasteiger partial charge on any atom is -0.383 e. The van der Waals surface area contributed by atoms with Gasteiger partial charge in [0.15, 0.2) is 0 Å². The van der Waals surface area contributed by atoms with Gasteiger partial charge in [-0.25, -0.2) is 16.8 Å². The van der Waals surface area contributed by atoms with Crippen LogP contribution in [0.2, 0.25) is 0 Å². The molecule has 1 aliphatic rings. The molecule has 0 spiro atoms. The van der Waals surface area contributed by atoms with E-state index >= 15 is 0 Å². The van der Waals surface area contributed by atoms with Gasteiger partial charge in [-0.1, -0.05) is 12.2 Å². The third-order valence-corrected chi connectivity index (χ3v) is 6.51. The first kappa shape index (κ1) is 13.0. The summed E-state index contributed by atoms with van der Waals surface area (Å²) in [6.07, 6.45) is 6.59. The van der Waals surface area contributed by atoms with E-state index in [-0.39, 0.29) is 4.91 Å². The van der Waals surface area contributed by atoms with Crippen LogP contribution < -0.4 is 0 Å². The highest BCUT2D eigenvalue weighted by molar-refractivity contribution is 8.68. The molecule has 0 saturated heterocycles. The summed E-state index contributed by atoms with van der Waals surface area (Å²) >= 11 is 0. The molecule has 1 aliphatic carbocycles. The smallest absolute Gasteiger partial charge is 0.282 e. The normalized spacial score (nSPS) is 18.9. The first-order valence-electron chi connectivity index (χ1n) is 4.38. The minimum atomic E-state index is -4.30. The second kappa shape index (κ2) is 4.06. The van der Waals surface area contributed by atoms with E-state index in [1.807, 2.05) is 0 Å². The second-order valence-electron chi connectivity index (χ2n) is 3.60. The number of hydrogen-bond donors (Lipinski definition) is 0. The molecule has 1 rings (SSSR count). The molecule has 7 heteroatoms. The van der Waals surface area contributed by atoms with Crippen LogP contribution in [0.4, 0.5) is 0 Å². The fourth-order valence-electron chi connectivity index (χ4n) is 1.19. The summed E-state index contributed by atoms with van der Waals surface area (Å²) in [4.78, 5) is 1.47. The summed E-state index contributed by atoms with van der Waals surface area (Å²) in [6.45, 7) is 0. The predicted molar refractivity (Wildman–Crippen MR) is 62.8 cm³/mol. The van der Waals surface area contributed by atoms with Crippen LogP contribution in [0.25, 0.3) is 0 Å². The number of hydrogen-bond acceptors (Lipinski definition) is 5. The highest BCUT2D eigenvalue weighted by Crippen LogP contribution is 2.27. The van der Waals surface area contributed by atoms with E-state index in [0.29, 0.717) is 11.8 Å². The molecular formula is C9H13NO4S2. The standard InChI is InChI=1S/C9H13NO4S2/c1-10(2)7-8-5-4-6-9(8)16(13,14)15(3,11)12/h4-7H,1-3H3/b8-7+. The fourth-order valence-corrected chi connectivity index (χ4v) is 3.61. The number of nitrogens with zero attached hydrogens (tertiary/aromatic N) is 1. The van der Waals surface area contributed by atoms with Crippen molar-refractivity contribution in [2.75, 3.05) is 20.4 Å². The Balaban J connectivity index is 3.30. The summed E-state index contributed by atoms with van der Waals surface area (Å²) in [7, 11) is -4.99. The molecule has 0 heterocycles. The molecule has 16 heavy (non-hydrogen) atoms. The van der Waals surface area contributed by atoms with Crippen LogP contribution in [0.3, 0.4) is 0 Å². The Bertz CT molecular complexity index is 577. The molecule has 0 aromatic heterocycles. The molecule has 0 atom stereocenters. The Morgan fingerprint density at radius 1 is 1.19 bits per heavy atom. The Hall–Kier alpha value is -1.08. The van der Waals surface area contributed by atoms with Gasteiger partial charge in [-0.15, -0.1) is 0 Å². The molecule has 0 fully saturated rings. The van der Waals surface area contributed by atoms with Gasteiger partial charge in [-0.05, 0) is 6.08 Å². The average molecular weight is 263 g/mol. The first-order valence-corrected chi connectivity index (χ1v) is 8.27. The predicted octanol–water partition coefficient (Wildman–Crippen LogP) is 0.260. The van der Waals surface area contributed by atoms with E-state index < -0.39 is 17.7 Å². The van der Waals surface area contributed by atoms with Gasteiger partial charge in [0.1, 0.15) is 0 Å². The lowest BCUT2D eigenvalue weighted by Gasteiger charge is -2.09.